The molecule has 1 atom stereocenters. The molecular formula is C27H28FN5O5. The van der Waals surface area contributed by atoms with Crippen molar-refractivity contribution in [3.8, 4) is 0 Å². The molecule has 1 unspecified atom stereocenters. The topological polar surface area (TPSA) is 131 Å². The highest BCUT2D eigenvalue weighted by molar-refractivity contribution is 5.94. The molecule has 198 valence electrons. The van der Waals surface area contributed by atoms with Gasteiger partial charge in [-0.15, -0.1) is 0 Å². The van der Waals surface area contributed by atoms with Crippen LogP contribution in [0.15, 0.2) is 63.9 Å². The third-order valence-corrected chi connectivity index (χ3v) is 6.23. The molecule has 0 aliphatic heterocycles. The number of benzene rings is 2. The second kappa shape index (κ2) is 11.7. The van der Waals surface area contributed by atoms with Gasteiger partial charge in [0.15, 0.2) is 0 Å². The number of fused-ring (bicyclic) bond motifs is 1. The van der Waals surface area contributed by atoms with Gasteiger partial charge in [-0.1, -0.05) is 48.5 Å². The summed E-state index contributed by atoms with van der Waals surface area (Å²) in [5, 5.41) is 15.4. The van der Waals surface area contributed by atoms with Crippen molar-refractivity contribution in [3.63, 3.8) is 0 Å². The van der Waals surface area contributed by atoms with Crippen molar-refractivity contribution >= 4 is 23.1 Å². The monoisotopic (exact) mass is 521 g/mol. The minimum Gasteiger partial charge on any atom is -0.465 e. The summed E-state index contributed by atoms with van der Waals surface area (Å²) in [4.78, 5) is 44.5. The summed E-state index contributed by atoms with van der Waals surface area (Å²) >= 11 is 0. The number of nitrogens with one attached hydrogen (secondary N) is 1. The number of aryl methyl sites for hydroxylation is 1. The second-order valence-electron chi connectivity index (χ2n) is 8.81. The average molecular weight is 522 g/mol. The maximum Gasteiger partial charge on any atom is 0.404 e. The Balaban J connectivity index is 1.83. The van der Waals surface area contributed by atoms with Gasteiger partial charge in [0, 0.05) is 18.7 Å². The summed E-state index contributed by atoms with van der Waals surface area (Å²) in [5.74, 6) is -0.740. The van der Waals surface area contributed by atoms with Crippen LogP contribution >= 0.6 is 0 Å². The fourth-order valence-corrected chi connectivity index (χ4v) is 4.43. The maximum absolute atomic E-state index is 14.0. The fraction of sp³-hybridized carbons (Fsp3) is 0.296. The van der Waals surface area contributed by atoms with Crippen LogP contribution in [0.2, 0.25) is 0 Å². The van der Waals surface area contributed by atoms with Gasteiger partial charge in [-0.05, 0) is 43.5 Å². The van der Waals surface area contributed by atoms with Crippen molar-refractivity contribution in [2.24, 2.45) is 0 Å². The summed E-state index contributed by atoms with van der Waals surface area (Å²) in [6, 6.07) is 14.0. The Morgan fingerprint density at radius 1 is 1.18 bits per heavy atom. The van der Waals surface area contributed by atoms with Gasteiger partial charge in [0.2, 0.25) is 0 Å². The lowest BCUT2D eigenvalue weighted by Crippen LogP contribution is -2.40. The Labute approximate surface area is 217 Å². The number of nitrogens with zero attached hydrogens (tertiary/aromatic N) is 4. The minimum atomic E-state index is -1.18. The molecule has 0 aliphatic rings. The standard InChI is InChI=1S/C27H28FN5O5/c1-3-21(32(14-8-13-29-27(36)37)25(34)19-11-7-12-20(28)15-19)23-30-24-22(17(2)31-38-24)26(35)33(23)16-18-9-5-4-6-10-18/h4-7,9-12,15,21,29H,3,8,13-14,16H2,1-2H3,(H,36,37). The zero-order valence-corrected chi connectivity index (χ0v) is 21.1. The van der Waals surface area contributed by atoms with Crippen LogP contribution in [0.3, 0.4) is 0 Å². The molecule has 2 N–H and O–H groups in total. The van der Waals surface area contributed by atoms with Crippen LogP contribution < -0.4 is 10.9 Å². The lowest BCUT2D eigenvalue weighted by molar-refractivity contribution is 0.0654. The van der Waals surface area contributed by atoms with E-state index in [0.29, 0.717) is 17.9 Å². The summed E-state index contributed by atoms with van der Waals surface area (Å²) < 4.78 is 20.8. The molecule has 2 aromatic heterocycles. The van der Waals surface area contributed by atoms with Crippen LogP contribution in [0.1, 0.15) is 53.2 Å². The Morgan fingerprint density at radius 3 is 2.63 bits per heavy atom. The van der Waals surface area contributed by atoms with Crippen LogP contribution in [-0.4, -0.2) is 49.8 Å². The highest BCUT2D eigenvalue weighted by atomic mass is 19.1. The van der Waals surface area contributed by atoms with Gasteiger partial charge < -0.3 is 19.8 Å². The molecule has 0 saturated heterocycles. The zero-order chi connectivity index (χ0) is 27.2. The van der Waals surface area contributed by atoms with Crippen molar-refractivity contribution in [1.82, 2.24) is 24.9 Å². The van der Waals surface area contributed by atoms with E-state index in [-0.39, 0.29) is 48.3 Å². The molecule has 0 aliphatic carbocycles. The highest BCUT2D eigenvalue weighted by Crippen LogP contribution is 2.27. The van der Waals surface area contributed by atoms with Crippen LogP contribution in [-0.2, 0) is 6.54 Å². The molecule has 0 spiro atoms. The van der Waals surface area contributed by atoms with Gasteiger partial charge in [0.25, 0.3) is 17.2 Å². The lowest BCUT2D eigenvalue weighted by Gasteiger charge is -2.32. The summed E-state index contributed by atoms with van der Waals surface area (Å²) in [6.45, 7) is 3.93. The summed E-state index contributed by atoms with van der Waals surface area (Å²) in [5.41, 5.74) is 1.11. The van der Waals surface area contributed by atoms with Gasteiger partial charge in [0.05, 0.1) is 18.3 Å². The molecule has 38 heavy (non-hydrogen) atoms. The molecule has 11 heteroatoms. The first-order valence-corrected chi connectivity index (χ1v) is 12.2. The van der Waals surface area contributed by atoms with Crippen molar-refractivity contribution in [3.05, 3.63) is 93.4 Å². The third kappa shape index (κ3) is 5.72. The number of carbonyl (C=O) groups is 2. The number of hydrogen-bond acceptors (Lipinski definition) is 6. The van der Waals surface area contributed by atoms with E-state index in [1.54, 1.807) is 6.92 Å². The third-order valence-electron chi connectivity index (χ3n) is 6.23. The Morgan fingerprint density at radius 2 is 1.95 bits per heavy atom. The SMILES string of the molecule is CCC(c1nc2onc(C)c2c(=O)n1Cc1ccccc1)N(CCCNC(=O)O)C(=O)c1cccc(F)c1. The predicted molar refractivity (Wildman–Crippen MR) is 137 cm³/mol. The number of rotatable bonds is 10. The van der Waals surface area contributed by atoms with Crippen LogP contribution in [0, 0.1) is 12.7 Å². The molecule has 0 fully saturated rings. The molecule has 4 rings (SSSR count). The number of carbonyl (C=O) groups excluding carboxylic acids is 1. The quantitative estimate of drug-likeness (QED) is 0.300. The largest absolute Gasteiger partial charge is 0.465 e. The molecule has 2 aromatic carbocycles. The number of aromatic nitrogens is 3. The second-order valence-corrected chi connectivity index (χ2v) is 8.81. The molecule has 10 nitrogen and oxygen atoms in total. The van der Waals surface area contributed by atoms with Crippen LogP contribution in [0.5, 0.6) is 0 Å². The predicted octanol–water partition coefficient (Wildman–Crippen LogP) is 4.13. The number of halogens is 1. The van der Waals surface area contributed by atoms with Gasteiger partial charge in [0.1, 0.15) is 17.0 Å². The van der Waals surface area contributed by atoms with Crippen LogP contribution in [0.4, 0.5) is 9.18 Å². The van der Waals surface area contributed by atoms with Crippen molar-refractivity contribution in [2.45, 2.75) is 39.3 Å². The van der Waals surface area contributed by atoms with E-state index in [1.165, 1.54) is 27.7 Å². The van der Waals surface area contributed by atoms with E-state index < -0.39 is 23.9 Å². The van der Waals surface area contributed by atoms with E-state index in [4.69, 9.17) is 9.63 Å². The van der Waals surface area contributed by atoms with Gasteiger partial charge in [-0.3, -0.25) is 14.2 Å². The smallest absolute Gasteiger partial charge is 0.404 e. The van der Waals surface area contributed by atoms with Gasteiger partial charge >= 0.3 is 6.09 Å². The first-order chi connectivity index (χ1) is 18.3. The zero-order valence-electron chi connectivity index (χ0n) is 21.1. The van der Waals surface area contributed by atoms with Gasteiger partial charge in [-0.2, -0.15) is 4.98 Å². The molecular weight excluding hydrogens is 493 g/mol. The van der Waals surface area contributed by atoms with E-state index >= 15 is 0 Å². The van der Waals surface area contributed by atoms with Crippen molar-refractivity contribution in [1.29, 1.82) is 0 Å². The summed E-state index contributed by atoms with van der Waals surface area (Å²) in [6.07, 6.45) is -0.520. The number of amides is 2. The molecule has 0 saturated carbocycles. The average Bonchev–Trinajstić information content (AvgIpc) is 3.28. The molecule has 0 radical (unpaired) electrons. The first-order valence-electron chi connectivity index (χ1n) is 12.2. The number of carboxylic acid groups (broad SMARTS) is 1. The fourth-order valence-electron chi connectivity index (χ4n) is 4.43. The number of hydrogen-bond donors (Lipinski definition) is 2. The maximum atomic E-state index is 14.0. The molecule has 0 bridgehead atoms. The minimum absolute atomic E-state index is 0.0657. The summed E-state index contributed by atoms with van der Waals surface area (Å²) in [7, 11) is 0. The Bertz CT molecular complexity index is 1500. The normalized spacial score (nSPS) is 11.9. The van der Waals surface area contributed by atoms with E-state index in [2.05, 4.69) is 15.5 Å². The Kier molecular flexibility index (Phi) is 8.15. The lowest BCUT2D eigenvalue weighted by atomic mass is 10.1. The van der Waals surface area contributed by atoms with Crippen molar-refractivity contribution in [2.75, 3.05) is 13.1 Å². The van der Waals surface area contributed by atoms with E-state index in [9.17, 15) is 18.8 Å². The van der Waals surface area contributed by atoms with E-state index in [0.717, 1.165) is 11.6 Å². The molecule has 2 amide bonds. The molecule has 2 heterocycles. The first kappa shape index (κ1) is 26.5. The Hall–Kier alpha value is -4.54. The van der Waals surface area contributed by atoms with E-state index in [1.807, 2.05) is 37.3 Å². The van der Waals surface area contributed by atoms with Crippen LogP contribution in [0.25, 0.3) is 11.1 Å². The van der Waals surface area contributed by atoms with Gasteiger partial charge in [-0.25, -0.2) is 9.18 Å². The molecule has 4 aromatic rings. The highest BCUT2D eigenvalue weighted by Gasteiger charge is 2.30. The van der Waals surface area contributed by atoms with Crippen molar-refractivity contribution < 1.29 is 23.6 Å².